The third-order valence-electron chi connectivity index (χ3n) is 1.62. The first-order chi connectivity index (χ1) is 6.19. The zero-order valence-electron chi connectivity index (χ0n) is 6.98. The van der Waals surface area contributed by atoms with Gasteiger partial charge in [-0.15, -0.1) is 0 Å². The largest absolute Gasteiger partial charge is 0.383 e. The molecule has 5 nitrogen and oxygen atoms in total. The molecule has 0 saturated heterocycles. The predicted molar refractivity (Wildman–Crippen MR) is 48.0 cm³/mol. The maximum atomic E-state index is 10.5. The van der Waals surface area contributed by atoms with Crippen molar-refractivity contribution in [1.82, 2.24) is 0 Å². The highest BCUT2D eigenvalue weighted by molar-refractivity contribution is 5.79. The van der Waals surface area contributed by atoms with Gasteiger partial charge in [0.2, 0.25) is 0 Å². The van der Waals surface area contributed by atoms with Crippen LogP contribution in [0.3, 0.4) is 0 Å². The van der Waals surface area contributed by atoms with E-state index in [2.05, 4.69) is 5.32 Å². The molecule has 0 atom stereocenters. The number of rotatable bonds is 3. The van der Waals surface area contributed by atoms with Crippen molar-refractivity contribution in [3.63, 3.8) is 0 Å². The zero-order chi connectivity index (χ0) is 9.84. The molecule has 0 fully saturated rings. The van der Waals surface area contributed by atoms with Crippen molar-refractivity contribution in [3.05, 3.63) is 33.9 Å². The fourth-order valence-electron chi connectivity index (χ4n) is 0.984. The van der Waals surface area contributed by atoms with Crippen LogP contribution in [-0.2, 0) is 0 Å². The Bertz CT molecular complexity index is 349. The van der Waals surface area contributed by atoms with E-state index < -0.39 is 4.92 Å². The molecule has 0 saturated carbocycles. The van der Waals surface area contributed by atoms with Crippen LogP contribution in [0.1, 0.15) is 10.4 Å². The van der Waals surface area contributed by atoms with Crippen LogP contribution in [0.2, 0.25) is 0 Å². The van der Waals surface area contributed by atoms with E-state index >= 15 is 0 Å². The molecule has 0 aliphatic carbocycles. The Kier molecular flexibility index (Phi) is 2.59. The lowest BCUT2D eigenvalue weighted by molar-refractivity contribution is -0.384. The molecule has 0 unspecified atom stereocenters. The van der Waals surface area contributed by atoms with Gasteiger partial charge in [-0.2, -0.15) is 0 Å². The van der Waals surface area contributed by atoms with E-state index in [0.29, 0.717) is 17.5 Å². The molecule has 5 heteroatoms. The van der Waals surface area contributed by atoms with Gasteiger partial charge in [-0.05, 0) is 12.1 Å². The summed E-state index contributed by atoms with van der Waals surface area (Å²) in [6.07, 6.45) is 0.576. The number of aldehydes is 1. The van der Waals surface area contributed by atoms with E-state index in [1.165, 1.54) is 18.2 Å². The summed E-state index contributed by atoms with van der Waals surface area (Å²) >= 11 is 0. The molecule has 0 amide bonds. The number of carbonyl (C=O) groups excluding carboxylic acids is 1. The number of benzene rings is 1. The lowest BCUT2D eigenvalue weighted by Gasteiger charge is -2.01. The topological polar surface area (TPSA) is 72.2 Å². The minimum absolute atomic E-state index is 0.0906. The molecule has 0 aliphatic heterocycles. The lowest BCUT2D eigenvalue weighted by Crippen LogP contribution is -1.97. The van der Waals surface area contributed by atoms with E-state index in [4.69, 9.17) is 0 Å². The van der Waals surface area contributed by atoms with Crippen molar-refractivity contribution in [3.8, 4) is 0 Å². The number of nitro benzene ring substituents is 1. The molecule has 0 bridgehead atoms. The van der Waals surface area contributed by atoms with Crippen LogP contribution < -0.4 is 5.32 Å². The fraction of sp³-hybridized carbons (Fsp3) is 0.125. The maximum absolute atomic E-state index is 10.5. The molecule has 1 aromatic carbocycles. The Hall–Kier alpha value is -1.91. The van der Waals surface area contributed by atoms with Gasteiger partial charge in [-0.3, -0.25) is 14.9 Å². The van der Waals surface area contributed by atoms with Gasteiger partial charge in [0.1, 0.15) is 12.0 Å². The fourth-order valence-corrected chi connectivity index (χ4v) is 0.984. The quantitative estimate of drug-likeness (QED) is 0.434. The Morgan fingerprint density at radius 3 is 2.69 bits per heavy atom. The summed E-state index contributed by atoms with van der Waals surface area (Å²) in [6.45, 7) is 0. The summed E-state index contributed by atoms with van der Waals surface area (Å²) in [5.74, 6) is 0. The molecular weight excluding hydrogens is 172 g/mol. The third kappa shape index (κ3) is 1.81. The Morgan fingerprint density at radius 1 is 1.54 bits per heavy atom. The van der Waals surface area contributed by atoms with Crippen LogP contribution >= 0.6 is 0 Å². The molecular formula is C8H8N2O3. The Morgan fingerprint density at radius 2 is 2.23 bits per heavy atom. The van der Waals surface area contributed by atoms with Gasteiger partial charge in [0, 0.05) is 18.7 Å². The Labute approximate surface area is 74.5 Å². The minimum Gasteiger partial charge on any atom is -0.383 e. The summed E-state index contributed by atoms with van der Waals surface area (Å²) in [4.78, 5) is 20.3. The van der Waals surface area contributed by atoms with Crippen molar-refractivity contribution >= 4 is 17.7 Å². The molecule has 0 aliphatic rings. The number of hydrogen-bond donors (Lipinski definition) is 1. The van der Waals surface area contributed by atoms with Crippen molar-refractivity contribution in [2.45, 2.75) is 0 Å². The van der Waals surface area contributed by atoms with Crippen LogP contribution in [0.15, 0.2) is 18.2 Å². The van der Waals surface area contributed by atoms with Gasteiger partial charge < -0.3 is 5.32 Å². The van der Waals surface area contributed by atoms with Gasteiger partial charge in [-0.1, -0.05) is 0 Å². The highest BCUT2D eigenvalue weighted by Gasteiger charge is 2.12. The number of nitro groups is 1. The SMILES string of the molecule is CNc1ccc(C=O)cc1[N+](=O)[O-]. The molecule has 1 N–H and O–H groups in total. The van der Waals surface area contributed by atoms with Gasteiger partial charge in [-0.25, -0.2) is 0 Å². The molecule has 0 aromatic heterocycles. The number of nitrogens with one attached hydrogen (secondary N) is 1. The van der Waals surface area contributed by atoms with Gasteiger partial charge in [0.25, 0.3) is 5.69 Å². The van der Waals surface area contributed by atoms with E-state index in [-0.39, 0.29) is 5.69 Å². The van der Waals surface area contributed by atoms with E-state index in [9.17, 15) is 14.9 Å². The normalized spacial score (nSPS) is 9.31. The smallest absolute Gasteiger partial charge is 0.293 e. The molecule has 13 heavy (non-hydrogen) atoms. The van der Waals surface area contributed by atoms with E-state index in [1.54, 1.807) is 7.05 Å². The minimum atomic E-state index is -0.529. The lowest BCUT2D eigenvalue weighted by atomic mass is 10.2. The second-order valence-electron chi connectivity index (χ2n) is 2.40. The highest BCUT2D eigenvalue weighted by Crippen LogP contribution is 2.24. The molecule has 0 spiro atoms. The predicted octanol–water partition coefficient (Wildman–Crippen LogP) is 1.45. The molecule has 1 rings (SSSR count). The van der Waals surface area contributed by atoms with Crippen LogP contribution in [0.4, 0.5) is 11.4 Å². The van der Waals surface area contributed by atoms with Crippen molar-refractivity contribution in [2.24, 2.45) is 0 Å². The van der Waals surface area contributed by atoms with Gasteiger partial charge in [0.15, 0.2) is 0 Å². The van der Waals surface area contributed by atoms with Crippen molar-refractivity contribution in [2.75, 3.05) is 12.4 Å². The molecule has 68 valence electrons. The van der Waals surface area contributed by atoms with Crippen LogP contribution in [0.25, 0.3) is 0 Å². The Balaban J connectivity index is 3.25. The summed E-state index contributed by atoms with van der Waals surface area (Å²) in [5.41, 5.74) is 0.605. The summed E-state index contributed by atoms with van der Waals surface area (Å²) in [7, 11) is 1.59. The highest BCUT2D eigenvalue weighted by atomic mass is 16.6. The van der Waals surface area contributed by atoms with Crippen LogP contribution in [-0.4, -0.2) is 18.3 Å². The van der Waals surface area contributed by atoms with Crippen LogP contribution in [0, 0.1) is 10.1 Å². The average Bonchev–Trinajstić information content (AvgIpc) is 2.16. The number of nitrogens with zero attached hydrogens (tertiary/aromatic N) is 1. The third-order valence-corrected chi connectivity index (χ3v) is 1.62. The second-order valence-corrected chi connectivity index (χ2v) is 2.40. The van der Waals surface area contributed by atoms with Crippen molar-refractivity contribution in [1.29, 1.82) is 0 Å². The number of anilines is 1. The first kappa shape index (κ1) is 9.18. The first-order valence-corrected chi connectivity index (χ1v) is 3.60. The first-order valence-electron chi connectivity index (χ1n) is 3.60. The maximum Gasteiger partial charge on any atom is 0.293 e. The zero-order valence-corrected chi connectivity index (χ0v) is 6.98. The van der Waals surface area contributed by atoms with Gasteiger partial charge in [0.05, 0.1) is 4.92 Å². The van der Waals surface area contributed by atoms with Crippen molar-refractivity contribution < 1.29 is 9.72 Å². The standard InChI is InChI=1S/C8H8N2O3/c1-9-7-3-2-6(5-11)4-8(7)10(12)13/h2-5,9H,1H3. The van der Waals surface area contributed by atoms with E-state index in [0.717, 1.165) is 0 Å². The molecule has 0 radical (unpaired) electrons. The molecule has 0 heterocycles. The average molecular weight is 180 g/mol. The summed E-state index contributed by atoms with van der Waals surface area (Å²) in [6, 6.07) is 4.26. The summed E-state index contributed by atoms with van der Waals surface area (Å²) < 4.78 is 0. The van der Waals surface area contributed by atoms with Crippen LogP contribution in [0.5, 0.6) is 0 Å². The number of carbonyl (C=O) groups is 1. The molecule has 1 aromatic rings. The summed E-state index contributed by atoms with van der Waals surface area (Å²) in [5, 5.41) is 13.2. The monoisotopic (exact) mass is 180 g/mol. The number of hydrogen-bond acceptors (Lipinski definition) is 4. The van der Waals surface area contributed by atoms with Gasteiger partial charge >= 0.3 is 0 Å². The second kappa shape index (κ2) is 3.66. The van der Waals surface area contributed by atoms with E-state index in [1.807, 2.05) is 0 Å².